The van der Waals surface area contributed by atoms with E-state index in [1.807, 2.05) is 29.5 Å². The molecule has 0 aromatic carbocycles. The van der Waals surface area contributed by atoms with E-state index < -0.39 is 0 Å². The molecule has 0 bridgehead atoms. The van der Waals surface area contributed by atoms with Crippen LogP contribution < -0.4 is 5.56 Å². The monoisotopic (exact) mass is 342 g/mol. The van der Waals surface area contributed by atoms with Crippen LogP contribution >= 0.6 is 34.2 Å². The Kier molecular flexibility index (Phi) is 5.55. The van der Waals surface area contributed by atoms with Gasteiger partial charge in [-0.3, -0.25) is 9.36 Å². The molecule has 0 atom stereocenters. The van der Waals surface area contributed by atoms with Gasteiger partial charge >= 0.3 is 0 Å². The maximum Gasteiger partial charge on any atom is 0.268 e. The molecule has 0 amide bonds. The van der Waals surface area contributed by atoms with Crippen molar-refractivity contribution in [3.05, 3.63) is 25.4 Å². The van der Waals surface area contributed by atoms with Crippen LogP contribution in [0.1, 0.15) is 13.3 Å². The summed E-state index contributed by atoms with van der Waals surface area (Å²) in [5, 5.41) is 0.265. The zero-order valence-corrected chi connectivity index (χ0v) is 11.3. The van der Waals surface area contributed by atoms with Crippen molar-refractivity contribution in [2.45, 2.75) is 19.9 Å². The van der Waals surface area contributed by atoms with Crippen molar-refractivity contribution in [2.24, 2.45) is 0 Å². The first kappa shape index (κ1) is 12.9. The van der Waals surface area contributed by atoms with E-state index in [-0.39, 0.29) is 10.7 Å². The van der Waals surface area contributed by atoms with Crippen LogP contribution in [0, 0.1) is 3.57 Å². The normalized spacial score (nSPS) is 10.6. The molecular formula is C9H12ClIN2O2. The number of aryl methyl sites for hydroxylation is 1. The van der Waals surface area contributed by atoms with Crippen molar-refractivity contribution in [3.63, 3.8) is 0 Å². The maximum absolute atomic E-state index is 11.6. The minimum absolute atomic E-state index is 0.0906. The number of ether oxygens (including phenoxy) is 1. The van der Waals surface area contributed by atoms with Gasteiger partial charge in [-0.25, -0.2) is 4.98 Å². The third-order valence-electron chi connectivity index (χ3n) is 1.83. The molecule has 0 aliphatic rings. The second-order valence-electron chi connectivity index (χ2n) is 2.90. The van der Waals surface area contributed by atoms with Gasteiger partial charge in [0.25, 0.3) is 5.56 Å². The lowest BCUT2D eigenvalue weighted by atomic mass is 10.4. The Morgan fingerprint density at radius 3 is 3.07 bits per heavy atom. The summed E-state index contributed by atoms with van der Waals surface area (Å²) in [4.78, 5) is 15.6. The third-order valence-corrected chi connectivity index (χ3v) is 3.41. The van der Waals surface area contributed by atoms with E-state index in [9.17, 15) is 4.79 Å². The second-order valence-corrected chi connectivity index (χ2v) is 4.34. The van der Waals surface area contributed by atoms with Crippen LogP contribution in [-0.2, 0) is 11.3 Å². The first-order valence-corrected chi connectivity index (χ1v) is 6.10. The first-order chi connectivity index (χ1) is 7.16. The van der Waals surface area contributed by atoms with Gasteiger partial charge in [0.2, 0.25) is 0 Å². The van der Waals surface area contributed by atoms with Gasteiger partial charge in [0, 0.05) is 19.8 Å². The molecule has 1 heterocycles. The summed E-state index contributed by atoms with van der Waals surface area (Å²) in [6.07, 6.45) is 2.27. The average Bonchev–Trinajstić information content (AvgIpc) is 2.24. The number of aromatic nitrogens is 2. The predicted octanol–water partition coefficient (Wildman–Crippen LogP) is 1.93. The number of nitrogens with zero attached hydrogens (tertiary/aromatic N) is 2. The SMILES string of the molecule is CCOCCCn1cnc(Cl)c(I)c1=O. The summed E-state index contributed by atoms with van der Waals surface area (Å²) in [6.45, 7) is 3.91. The van der Waals surface area contributed by atoms with Gasteiger partial charge in [-0.2, -0.15) is 0 Å². The second kappa shape index (κ2) is 6.44. The van der Waals surface area contributed by atoms with Crippen LogP contribution in [0.2, 0.25) is 5.15 Å². The number of rotatable bonds is 5. The zero-order chi connectivity index (χ0) is 11.3. The van der Waals surface area contributed by atoms with E-state index in [0.717, 1.165) is 6.42 Å². The van der Waals surface area contributed by atoms with Crippen LogP contribution in [0.25, 0.3) is 0 Å². The molecule has 0 aliphatic carbocycles. The van der Waals surface area contributed by atoms with E-state index in [0.29, 0.717) is 23.3 Å². The molecule has 6 heteroatoms. The number of hydrogen-bond donors (Lipinski definition) is 0. The predicted molar refractivity (Wildman–Crippen MR) is 67.3 cm³/mol. The van der Waals surface area contributed by atoms with Crippen LogP contribution in [0.5, 0.6) is 0 Å². The van der Waals surface area contributed by atoms with E-state index >= 15 is 0 Å². The van der Waals surface area contributed by atoms with Crippen LogP contribution in [0.3, 0.4) is 0 Å². The Hall–Kier alpha value is -0.140. The highest BCUT2D eigenvalue weighted by atomic mass is 127. The molecule has 0 N–H and O–H groups in total. The standard InChI is InChI=1S/C9H12ClIN2O2/c1-2-15-5-3-4-13-6-12-8(10)7(11)9(13)14/h6H,2-5H2,1H3. The van der Waals surface area contributed by atoms with E-state index in [4.69, 9.17) is 16.3 Å². The van der Waals surface area contributed by atoms with E-state index in [1.165, 1.54) is 6.33 Å². The van der Waals surface area contributed by atoms with E-state index in [2.05, 4.69) is 4.98 Å². The van der Waals surface area contributed by atoms with Crippen molar-refractivity contribution in [3.8, 4) is 0 Å². The fourth-order valence-electron chi connectivity index (χ4n) is 1.08. The Labute approximate surface area is 107 Å². The molecule has 84 valence electrons. The van der Waals surface area contributed by atoms with Crippen LogP contribution in [0.4, 0.5) is 0 Å². The number of hydrogen-bond acceptors (Lipinski definition) is 3. The first-order valence-electron chi connectivity index (χ1n) is 4.65. The Morgan fingerprint density at radius 2 is 2.40 bits per heavy atom. The number of halogens is 2. The van der Waals surface area contributed by atoms with Crippen molar-refractivity contribution in [1.29, 1.82) is 0 Å². The molecule has 1 aromatic rings. The minimum Gasteiger partial charge on any atom is -0.382 e. The molecule has 0 unspecified atom stereocenters. The Bertz CT molecular complexity index is 381. The van der Waals surface area contributed by atoms with E-state index in [1.54, 1.807) is 4.57 Å². The lowest BCUT2D eigenvalue weighted by Crippen LogP contribution is -2.23. The molecule has 1 rings (SSSR count). The summed E-state index contributed by atoms with van der Waals surface area (Å²) >= 11 is 7.62. The summed E-state index contributed by atoms with van der Waals surface area (Å²) < 4.78 is 7.20. The lowest BCUT2D eigenvalue weighted by molar-refractivity contribution is 0.141. The van der Waals surface area contributed by atoms with Gasteiger partial charge in [-0.15, -0.1) is 0 Å². The molecule has 4 nitrogen and oxygen atoms in total. The molecule has 0 aliphatic heterocycles. The molecule has 0 saturated heterocycles. The molecular weight excluding hydrogens is 330 g/mol. The summed E-state index contributed by atoms with van der Waals surface area (Å²) in [5.41, 5.74) is -0.0906. The summed E-state index contributed by atoms with van der Waals surface area (Å²) in [5.74, 6) is 0. The summed E-state index contributed by atoms with van der Waals surface area (Å²) in [6, 6.07) is 0. The van der Waals surface area contributed by atoms with Gasteiger partial charge in [-0.05, 0) is 35.9 Å². The quantitative estimate of drug-likeness (QED) is 0.466. The van der Waals surface area contributed by atoms with Crippen LogP contribution in [0.15, 0.2) is 11.1 Å². The Balaban J connectivity index is 2.63. The van der Waals surface area contributed by atoms with Gasteiger partial charge in [-0.1, -0.05) is 11.6 Å². The zero-order valence-electron chi connectivity index (χ0n) is 8.37. The summed E-state index contributed by atoms with van der Waals surface area (Å²) in [7, 11) is 0. The molecule has 15 heavy (non-hydrogen) atoms. The molecule has 0 fully saturated rings. The fourth-order valence-corrected chi connectivity index (χ4v) is 1.66. The molecule has 0 radical (unpaired) electrons. The third kappa shape index (κ3) is 3.73. The Morgan fingerprint density at radius 1 is 1.67 bits per heavy atom. The smallest absolute Gasteiger partial charge is 0.268 e. The van der Waals surface area contributed by atoms with Crippen molar-refractivity contribution < 1.29 is 4.74 Å². The van der Waals surface area contributed by atoms with Gasteiger partial charge in [0.05, 0.1) is 6.33 Å². The molecule has 1 aromatic heterocycles. The highest BCUT2D eigenvalue weighted by Crippen LogP contribution is 2.09. The van der Waals surface area contributed by atoms with Crippen molar-refractivity contribution in [2.75, 3.05) is 13.2 Å². The average molecular weight is 343 g/mol. The van der Waals surface area contributed by atoms with Crippen molar-refractivity contribution in [1.82, 2.24) is 9.55 Å². The fraction of sp³-hybridized carbons (Fsp3) is 0.556. The van der Waals surface area contributed by atoms with Crippen LogP contribution in [-0.4, -0.2) is 22.8 Å². The minimum atomic E-state index is -0.0906. The molecule has 0 saturated carbocycles. The van der Waals surface area contributed by atoms with Gasteiger partial charge < -0.3 is 4.74 Å². The maximum atomic E-state index is 11.6. The molecule has 0 spiro atoms. The van der Waals surface area contributed by atoms with Gasteiger partial charge in [0.1, 0.15) is 8.72 Å². The largest absolute Gasteiger partial charge is 0.382 e. The van der Waals surface area contributed by atoms with Crippen molar-refractivity contribution >= 4 is 34.2 Å². The van der Waals surface area contributed by atoms with Gasteiger partial charge in [0.15, 0.2) is 0 Å². The topological polar surface area (TPSA) is 44.1 Å². The highest BCUT2D eigenvalue weighted by Gasteiger charge is 2.05. The lowest BCUT2D eigenvalue weighted by Gasteiger charge is -2.05. The highest BCUT2D eigenvalue weighted by molar-refractivity contribution is 14.1.